The summed E-state index contributed by atoms with van der Waals surface area (Å²) in [5.74, 6) is 1.54. The van der Waals surface area contributed by atoms with E-state index in [9.17, 15) is 8.42 Å². The SMILES string of the molecule is Cc1oc(-c2ccc(-c3ccc(S(C)(=O)=O)cc3)cc2)nc1CCN1CCCC[C@@H]1C. The molecule has 0 unspecified atom stereocenters. The number of sulfone groups is 1. The maximum atomic E-state index is 11.6. The fraction of sp³-hybridized carbons (Fsp3) is 0.400. The molecular weight excluding hydrogens is 408 g/mol. The molecule has 3 aromatic rings. The number of nitrogens with zero attached hydrogens (tertiary/aromatic N) is 2. The average Bonchev–Trinajstić information content (AvgIpc) is 3.13. The average molecular weight is 439 g/mol. The Morgan fingerprint density at radius 2 is 1.61 bits per heavy atom. The maximum Gasteiger partial charge on any atom is 0.226 e. The van der Waals surface area contributed by atoms with Gasteiger partial charge in [-0.05, 0) is 68.6 Å². The number of benzene rings is 2. The van der Waals surface area contributed by atoms with E-state index in [0.29, 0.717) is 16.8 Å². The predicted molar refractivity (Wildman–Crippen MR) is 124 cm³/mol. The van der Waals surface area contributed by atoms with Gasteiger partial charge in [-0.1, -0.05) is 30.7 Å². The molecule has 6 heteroatoms. The third kappa shape index (κ3) is 5.08. The van der Waals surface area contributed by atoms with Gasteiger partial charge in [0, 0.05) is 30.8 Å². The van der Waals surface area contributed by atoms with Gasteiger partial charge >= 0.3 is 0 Å². The van der Waals surface area contributed by atoms with E-state index >= 15 is 0 Å². The number of aryl methyl sites for hydroxylation is 1. The van der Waals surface area contributed by atoms with E-state index in [4.69, 9.17) is 9.40 Å². The fourth-order valence-electron chi connectivity index (χ4n) is 4.22. The van der Waals surface area contributed by atoms with Crippen LogP contribution in [0.25, 0.3) is 22.6 Å². The van der Waals surface area contributed by atoms with Crippen LogP contribution in [-0.2, 0) is 16.3 Å². The number of piperidine rings is 1. The smallest absolute Gasteiger partial charge is 0.226 e. The molecule has 1 aliphatic heterocycles. The molecule has 0 radical (unpaired) electrons. The highest BCUT2D eigenvalue weighted by Crippen LogP contribution is 2.27. The fourth-order valence-corrected chi connectivity index (χ4v) is 4.85. The zero-order valence-corrected chi connectivity index (χ0v) is 19.3. The quantitative estimate of drug-likeness (QED) is 0.533. The minimum Gasteiger partial charge on any atom is -0.441 e. The highest BCUT2D eigenvalue weighted by Gasteiger charge is 2.19. The minimum atomic E-state index is -3.19. The van der Waals surface area contributed by atoms with Crippen LogP contribution in [0.4, 0.5) is 0 Å². The van der Waals surface area contributed by atoms with Crippen molar-refractivity contribution < 1.29 is 12.8 Å². The van der Waals surface area contributed by atoms with E-state index in [1.807, 2.05) is 43.3 Å². The molecule has 0 N–H and O–H groups in total. The van der Waals surface area contributed by atoms with Crippen molar-refractivity contribution in [2.45, 2.75) is 50.5 Å². The van der Waals surface area contributed by atoms with Crippen LogP contribution in [0, 0.1) is 6.92 Å². The first-order valence-electron chi connectivity index (χ1n) is 10.9. The lowest BCUT2D eigenvalue weighted by Crippen LogP contribution is -2.38. The van der Waals surface area contributed by atoms with Crippen LogP contribution in [0.15, 0.2) is 57.8 Å². The summed E-state index contributed by atoms with van der Waals surface area (Å²) in [6.07, 6.45) is 6.03. The molecule has 31 heavy (non-hydrogen) atoms. The lowest BCUT2D eigenvalue weighted by Gasteiger charge is -2.33. The highest BCUT2D eigenvalue weighted by atomic mass is 32.2. The van der Waals surface area contributed by atoms with Gasteiger partial charge in [0.2, 0.25) is 5.89 Å². The monoisotopic (exact) mass is 438 g/mol. The van der Waals surface area contributed by atoms with Crippen molar-refractivity contribution in [1.82, 2.24) is 9.88 Å². The Morgan fingerprint density at radius 1 is 1.00 bits per heavy atom. The molecule has 1 fully saturated rings. The molecule has 0 saturated carbocycles. The zero-order valence-electron chi connectivity index (χ0n) is 18.5. The van der Waals surface area contributed by atoms with E-state index in [-0.39, 0.29) is 0 Å². The molecule has 2 heterocycles. The summed E-state index contributed by atoms with van der Waals surface area (Å²) in [6.45, 7) is 6.51. The van der Waals surface area contributed by atoms with Crippen molar-refractivity contribution in [3.8, 4) is 22.6 Å². The third-order valence-corrected chi connectivity index (χ3v) is 7.35. The molecule has 0 spiro atoms. The summed E-state index contributed by atoms with van der Waals surface area (Å²) in [6, 6.07) is 15.6. The first kappa shape index (κ1) is 21.8. The van der Waals surface area contributed by atoms with Crippen LogP contribution in [0.5, 0.6) is 0 Å². The summed E-state index contributed by atoms with van der Waals surface area (Å²) in [7, 11) is -3.19. The molecule has 164 valence electrons. The number of likely N-dealkylation sites (tertiary alicyclic amines) is 1. The molecule has 4 rings (SSSR count). The predicted octanol–water partition coefficient (Wildman–Crippen LogP) is 5.14. The zero-order chi connectivity index (χ0) is 22.0. The lowest BCUT2D eigenvalue weighted by molar-refractivity contribution is 0.162. The Morgan fingerprint density at radius 3 is 2.23 bits per heavy atom. The standard InChI is InChI=1S/C25H30N2O3S/c1-18-6-4-5-16-27(18)17-15-24-19(2)30-25(26-24)22-9-7-20(8-10-22)21-11-13-23(14-12-21)31(3,28)29/h7-14,18H,4-6,15-17H2,1-3H3/t18-/m0/s1. The van der Waals surface area contributed by atoms with Crippen LogP contribution in [0.1, 0.15) is 37.6 Å². The summed E-state index contributed by atoms with van der Waals surface area (Å²) in [5.41, 5.74) is 3.97. The number of oxazole rings is 1. The molecule has 1 atom stereocenters. The molecule has 0 amide bonds. The van der Waals surface area contributed by atoms with Crippen molar-refractivity contribution >= 4 is 9.84 Å². The van der Waals surface area contributed by atoms with Crippen LogP contribution in [0.2, 0.25) is 0 Å². The Balaban J connectivity index is 1.46. The first-order valence-corrected chi connectivity index (χ1v) is 12.8. The van der Waals surface area contributed by atoms with E-state index in [1.165, 1.54) is 32.1 Å². The normalized spacial score (nSPS) is 17.7. The van der Waals surface area contributed by atoms with Gasteiger partial charge in [0.25, 0.3) is 0 Å². The van der Waals surface area contributed by atoms with Crippen LogP contribution < -0.4 is 0 Å². The van der Waals surface area contributed by atoms with Crippen molar-refractivity contribution in [3.05, 3.63) is 60.0 Å². The van der Waals surface area contributed by atoms with Crippen LogP contribution in [0.3, 0.4) is 0 Å². The van der Waals surface area contributed by atoms with Crippen LogP contribution >= 0.6 is 0 Å². The number of rotatable bonds is 6. The van der Waals surface area contributed by atoms with E-state index in [0.717, 1.165) is 41.1 Å². The third-order valence-electron chi connectivity index (χ3n) is 6.22. The second-order valence-electron chi connectivity index (χ2n) is 8.53. The van der Waals surface area contributed by atoms with E-state index < -0.39 is 9.84 Å². The molecule has 1 saturated heterocycles. The van der Waals surface area contributed by atoms with Gasteiger partial charge in [-0.3, -0.25) is 0 Å². The Kier molecular flexibility index (Phi) is 6.30. The van der Waals surface area contributed by atoms with Gasteiger partial charge in [0.15, 0.2) is 9.84 Å². The molecule has 1 aliphatic rings. The molecule has 5 nitrogen and oxygen atoms in total. The number of aromatic nitrogens is 1. The first-order chi connectivity index (χ1) is 14.8. The van der Waals surface area contributed by atoms with Gasteiger partial charge in [0.1, 0.15) is 5.76 Å². The highest BCUT2D eigenvalue weighted by molar-refractivity contribution is 7.90. The maximum absolute atomic E-state index is 11.6. The van der Waals surface area contributed by atoms with Crippen molar-refractivity contribution in [2.24, 2.45) is 0 Å². The molecule has 0 aliphatic carbocycles. The van der Waals surface area contributed by atoms with Crippen molar-refractivity contribution in [2.75, 3.05) is 19.3 Å². The molecule has 2 aromatic carbocycles. The summed E-state index contributed by atoms with van der Waals surface area (Å²) < 4.78 is 29.3. The number of hydrogen-bond acceptors (Lipinski definition) is 5. The summed E-state index contributed by atoms with van der Waals surface area (Å²) >= 11 is 0. The van der Waals surface area contributed by atoms with Crippen molar-refractivity contribution in [1.29, 1.82) is 0 Å². The van der Waals surface area contributed by atoms with E-state index in [1.54, 1.807) is 12.1 Å². The second kappa shape index (κ2) is 8.97. The Labute approximate surface area is 185 Å². The molecular formula is C25H30N2O3S. The topological polar surface area (TPSA) is 63.4 Å². The summed E-state index contributed by atoms with van der Waals surface area (Å²) in [5, 5.41) is 0. The lowest BCUT2D eigenvalue weighted by atomic mass is 10.0. The Bertz CT molecular complexity index is 1130. The summed E-state index contributed by atoms with van der Waals surface area (Å²) in [4.78, 5) is 7.66. The van der Waals surface area contributed by atoms with Gasteiger partial charge in [-0.15, -0.1) is 0 Å². The molecule has 0 bridgehead atoms. The van der Waals surface area contributed by atoms with Gasteiger partial charge in [-0.25, -0.2) is 13.4 Å². The largest absolute Gasteiger partial charge is 0.441 e. The van der Waals surface area contributed by atoms with Gasteiger partial charge in [-0.2, -0.15) is 0 Å². The second-order valence-corrected chi connectivity index (χ2v) is 10.5. The van der Waals surface area contributed by atoms with Gasteiger partial charge in [0.05, 0.1) is 10.6 Å². The number of hydrogen-bond donors (Lipinski definition) is 0. The molecule has 1 aromatic heterocycles. The van der Waals surface area contributed by atoms with E-state index in [2.05, 4.69) is 11.8 Å². The van der Waals surface area contributed by atoms with Gasteiger partial charge < -0.3 is 9.32 Å². The van der Waals surface area contributed by atoms with Crippen LogP contribution in [-0.4, -0.2) is 43.7 Å². The Hall–Kier alpha value is -2.44. The minimum absolute atomic E-state index is 0.328. The van der Waals surface area contributed by atoms with Crippen molar-refractivity contribution in [3.63, 3.8) is 0 Å².